The first-order valence-electron chi connectivity index (χ1n) is 12.2. The van der Waals surface area contributed by atoms with Crippen LogP contribution in [0.15, 0.2) is 47.1 Å². The number of ketones is 2. The molecule has 0 amide bonds. The second-order valence-corrected chi connectivity index (χ2v) is 10.5. The van der Waals surface area contributed by atoms with E-state index < -0.39 is 0 Å². The molecule has 5 atom stereocenters. The summed E-state index contributed by atoms with van der Waals surface area (Å²) in [5.41, 5.74) is 6.82. The van der Waals surface area contributed by atoms with Crippen LogP contribution in [0.25, 0.3) is 0 Å². The van der Waals surface area contributed by atoms with Crippen LogP contribution in [0.4, 0.5) is 5.69 Å². The van der Waals surface area contributed by atoms with Gasteiger partial charge >= 0.3 is 0 Å². The minimum Gasteiger partial charge on any atom is -0.388 e. The molecule has 1 N–H and O–H groups in total. The molecule has 0 heterocycles. The predicted molar refractivity (Wildman–Crippen MR) is 127 cm³/mol. The average molecular weight is 434 g/mol. The van der Waals surface area contributed by atoms with Gasteiger partial charge in [0.15, 0.2) is 11.6 Å². The number of hydrogen-bond donors (Lipinski definition) is 1. The first-order valence-corrected chi connectivity index (χ1v) is 12.2. The summed E-state index contributed by atoms with van der Waals surface area (Å²) in [7, 11) is 3.57. The van der Waals surface area contributed by atoms with E-state index in [-0.39, 0.29) is 29.5 Å². The standard InChI is InChI=1S/C28H35NO3/c1-28-15-23(17-4-7-19(29-2)8-5-17)27-21-11-9-20(30)14-18(21)6-10-22(27)24(28)12-13-25(28)26(31)16-32-3/h4-5,7-8,14,22-25,29H,6,9-13,15-16H2,1-3H3/t22-,23+,24-,25+,28-/m0/s1. The number of allylic oxidation sites excluding steroid dienone is 4. The quantitative estimate of drug-likeness (QED) is 0.670. The van der Waals surface area contributed by atoms with Gasteiger partial charge in [-0.25, -0.2) is 0 Å². The van der Waals surface area contributed by atoms with Gasteiger partial charge in [0.05, 0.1) is 0 Å². The van der Waals surface area contributed by atoms with E-state index >= 15 is 0 Å². The van der Waals surface area contributed by atoms with Crippen molar-refractivity contribution in [2.24, 2.45) is 23.2 Å². The van der Waals surface area contributed by atoms with Gasteiger partial charge in [-0.1, -0.05) is 24.6 Å². The fraction of sp³-hybridized carbons (Fsp3) is 0.571. The number of ether oxygens (including phenoxy) is 1. The second kappa shape index (κ2) is 8.30. The summed E-state index contributed by atoms with van der Waals surface area (Å²) in [5, 5.41) is 3.23. The number of nitrogens with one attached hydrogen (secondary N) is 1. The Labute approximate surface area is 191 Å². The van der Waals surface area contributed by atoms with Gasteiger partial charge in [-0.05, 0) is 90.7 Å². The molecule has 170 valence electrons. The van der Waals surface area contributed by atoms with Crippen LogP contribution in [0.1, 0.15) is 63.4 Å². The summed E-state index contributed by atoms with van der Waals surface area (Å²) >= 11 is 0. The summed E-state index contributed by atoms with van der Waals surface area (Å²) in [4.78, 5) is 25.2. The van der Waals surface area contributed by atoms with Crippen molar-refractivity contribution < 1.29 is 14.3 Å². The number of fused-ring (bicyclic) bond motifs is 4. The highest BCUT2D eigenvalue weighted by molar-refractivity contribution is 5.93. The number of carbonyl (C=O) groups is 2. The van der Waals surface area contributed by atoms with Crippen LogP contribution in [-0.4, -0.2) is 32.3 Å². The number of methoxy groups -OCH3 is 1. The van der Waals surface area contributed by atoms with E-state index in [9.17, 15) is 9.59 Å². The van der Waals surface area contributed by atoms with E-state index in [1.165, 1.54) is 16.7 Å². The summed E-state index contributed by atoms with van der Waals surface area (Å²) in [6.45, 7) is 2.61. The minimum atomic E-state index is 0.00237. The molecule has 0 bridgehead atoms. The molecule has 0 unspecified atom stereocenters. The molecule has 0 aliphatic heterocycles. The molecule has 0 spiro atoms. The Morgan fingerprint density at radius 2 is 1.91 bits per heavy atom. The highest BCUT2D eigenvalue weighted by Gasteiger charge is 2.58. The van der Waals surface area contributed by atoms with Crippen molar-refractivity contribution in [2.45, 2.75) is 57.8 Å². The number of carbonyl (C=O) groups excluding carboxylic acids is 2. The molecular weight excluding hydrogens is 398 g/mol. The van der Waals surface area contributed by atoms with Crippen molar-refractivity contribution in [1.29, 1.82) is 0 Å². The smallest absolute Gasteiger partial charge is 0.162 e. The lowest BCUT2D eigenvalue weighted by Crippen LogP contribution is -2.45. The second-order valence-electron chi connectivity index (χ2n) is 10.5. The fourth-order valence-corrected chi connectivity index (χ4v) is 7.61. The molecular formula is C28H35NO3. The molecule has 5 rings (SSSR count). The van der Waals surface area contributed by atoms with E-state index in [2.05, 4.69) is 36.5 Å². The third-order valence-electron chi connectivity index (χ3n) is 9.01. The van der Waals surface area contributed by atoms with Crippen LogP contribution in [0, 0.1) is 23.2 Å². The summed E-state index contributed by atoms with van der Waals surface area (Å²) in [6, 6.07) is 8.85. The molecule has 0 radical (unpaired) electrons. The first-order chi connectivity index (χ1) is 15.5. The molecule has 0 aromatic heterocycles. The molecule has 1 aromatic rings. The van der Waals surface area contributed by atoms with Crippen molar-refractivity contribution in [3.05, 3.63) is 52.6 Å². The molecule has 0 saturated heterocycles. The summed E-state index contributed by atoms with van der Waals surface area (Å²) in [6.07, 6.45) is 8.67. The lowest BCUT2D eigenvalue weighted by molar-refractivity contribution is -0.131. The first kappa shape index (κ1) is 21.6. The van der Waals surface area contributed by atoms with Gasteiger partial charge in [0.25, 0.3) is 0 Å². The molecule has 4 aliphatic carbocycles. The molecule has 32 heavy (non-hydrogen) atoms. The molecule has 1 aromatic carbocycles. The van der Waals surface area contributed by atoms with Crippen molar-refractivity contribution in [3.8, 4) is 0 Å². The zero-order valence-electron chi connectivity index (χ0n) is 19.6. The maximum atomic E-state index is 13.1. The van der Waals surface area contributed by atoms with E-state index in [0.29, 0.717) is 24.2 Å². The van der Waals surface area contributed by atoms with E-state index in [0.717, 1.165) is 44.2 Å². The number of Topliss-reactive ketones (excluding diaryl/α,β-unsaturated/α-hetero) is 1. The molecule has 4 nitrogen and oxygen atoms in total. The number of rotatable bonds is 5. The van der Waals surface area contributed by atoms with Crippen molar-refractivity contribution in [3.63, 3.8) is 0 Å². The lowest BCUT2D eigenvalue weighted by atomic mass is 9.51. The van der Waals surface area contributed by atoms with Gasteiger partial charge in [0.2, 0.25) is 0 Å². The molecule has 4 heteroatoms. The van der Waals surface area contributed by atoms with Crippen LogP contribution in [0.2, 0.25) is 0 Å². The third-order valence-corrected chi connectivity index (χ3v) is 9.01. The van der Waals surface area contributed by atoms with Gasteiger partial charge in [0, 0.05) is 38.1 Å². The summed E-state index contributed by atoms with van der Waals surface area (Å²) in [5.74, 6) is 2.02. The highest BCUT2D eigenvalue weighted by atomic mass is 16.5. The minimum absolute atomic E-state index is 0.00237. The maximum absolute atomic E-state index is 13.1. The lowest BCUT2D eigenvalue weighted by Gasteiger charge is -2.52. The van der Waals surface area contributed by atoms with E-state index in [1.807, 2.05) is 13.1 Å². The average Bonchev–Trinajstić information content (AvgIpc) is 3.15. The van der Waals surface area contributed by atoms with Crippen LogP contribution < -0.4 is 5.32 Å². The SMILES string of the molecule is CNc1ccc([C@H]2C[C@]3(C)[C@@H](C(=O)COC)CC[C@H]3[C@@H]3CCC4=CC(=O)CCC4=C32)cc1. The zero-order valence-corrected chi connectivity index (χ0v) is 19.6. The molecule has 2 saturated carbocycles. The van der Waals surface area contributed by atoms with Crippen molar-refractivity contribution in [2.75, 3.05) is 26.1 Å². The van der Waals surface area contributed by atoms with Gasteiger partial charge in [-0.3, -0.25) is 9.59 Å². The van der Waals surface area contributed by atoms with Crippen LogP contribution >= 0.6 is 0 Å². The number of benzene rings is 1. The van der Waals surface area contributed by atoms with Gasteiger partial charge in [-0.2, -0.15) is 0 Å². The Bertz CT molecular complexity index is 988. The predicted octanol–water partition coefficient (Wildman–Crippen LogP) is 5.46. The van der Waals surface area contributed by atoms with Crippen LogP contribution in [-0.2, 0) is 14.3 Å². The number of hydrogen-bond acceptors (Lipinski definition) is 4. The van der Waals surface area contributed by atoms with Gasteiger partial charge < -0.3 is 10.1 Å². The van der Waals surface area contributed by atoms with E-state index in [4.69, 9.17) is 4.74 Å². The number of anilines is 1. The highest BCUT2D eigenvalue weighted by Crippen LogP contribution is 2.65. The zero-order chi connectivity index (χ0) is 22.5. The van der Waals surface area contributed by atoms with Crippen molar-refractivity contribution in [1.82, 2.24) is 0 Å². The maximum Gasteiger partial charge on any atom is 0.162 e. The molecule has 4 aliphatic rings. The normalized spacial score (nSPS) is 33.8. The Balaban J connectivity index is 1.62. The third kappa shape index (κ3) is 3.39. The Kier molecular flexibility index (Phi) is 5.61. The topological polar surface area (TPSA) is 55.4 Å². The van der Waals surface area contributed by atoms with Crippen LogP contribution in [0.3, 0.4) is 0 Å². The Hall–Kier alpha value is -2.20. The van der Waals surface area contributed by atoms with Crippen molar-refractivity contribution >= 4 is 17.3 Å². The van der Waals surface area contributed by atoms with Crippen LogP contribution in [0.5, 0.6) is 0 Å². The molecule has 2 fully saturated rings. The van der Waals surface area contributed by atoms with E-state index in [1.54, 1.807) is 12.7 Å². The van der Waals surface area contributed by atoms with Gasteiger partial charge in [0.1, 0.15) is 6.61 Å². The van der Waals surface area contributed by atoms with Gasteiger partial charge in [-0.15, -0.1) is 0 Å². The summed E-state index contributed by atoms with van der Waals surface area (Å²) < 4.78 is 5.26. The Morgan fingerprint density at radius 3 is 2.62 bits per heavy atom. The fourth-order valence-electron chi connectivity index (χ4n) is 7.61. The Morgan fingerprint density at radius 1 is 1.12 bits per heavy atom. The largest absolute Gasteiger partial charge is 0.388 e. The monoisotopic (exact) mass is 433 g/mol.